The van der Waals surface area contributed by atoms with Crippen LogP contribution in [0.4, 0.5) is 14.5 Å². The van der Waals surface area contributed by atoms with Crippen LogP contribution in [0.2, 0.25) is 10.0 Å². The van der Waals surface area contributed by atoms with Crippen molar-refractivity contribution in [2.24, 2.45) is 5.92 Å². The fourth-order valence-electron chi connectivity index (χ4n) is 2.33. The van der Waals surface area contributed by atoms with Gasteiger partial charge in [-0.3, -0.25) is 9.53 Å². The summed E-state index contributed by atoms with van der Waals surface area (Å²) in [5.74, 6) is -0.281. The van der Waals surface area contributed by atoms with Crippen molar-refractivity contribution in [1.82, 2.24) is 0 Å². The molecule has 0 aliphatic heterocycles. The Balaban J connectivity index is 1.67. The Bertz CT molecular complexity index is 809. The molecule has 6 nitrogen and oxygen atoms in total. The van der Waals surface area contributed by atoms with Crippen molar-refractivity contribution in [2.75, 3.05) is 5.32 Å². The monoisotopic (exact) mass is 418 g/mol. The zero-order chi connectivity index (χ0) is 19.6. The van der Waals surface area contributed by atoms with Crippen LogP contribution in [0.5, 0.6) is 5.75 Å². The lowest BCUT2D eigenvalue weighted by atomic mass is 10.2. The summed E-state index contributed by atoms with van der Waals surface area (Å²) in [6.45, 7) is -2.92. The predicted octanol–water partition coefficient (Wildman–Crippen LogP) is 4.23. The summed E-state index contributed by atoms with van der Waals surface area (Å²) in [6, 6.07) is 5.85. The average Bonchev–Trinajstić information content (AvgIpc) is 3.42. The minimum atomic E-state index is -2.92. The fourth-order valence-corrected chi connectivity index (χ4v) is 2.87. The average molecular weight is 419 g/mol. The number of nitrogens with one attached hydrogen (secondary N) is 1. The molecule has 1 atom stereocenters. The maximum atomic E-state index is 12.4. The minimum absolute atomic E-state index is 0.0118. The van der Waals surface area contributed by atoms with Crippen molar-refractivity contribution in [2.45, 2.75) is 25.7 Å². The molecule has 1 heterocycles. The van der Waals surface area contributed by atoms with E-state index in [-0.39, 0.29) is 27.2 Å². The quantitative estimate of drug-likeness (QED) is 0.414. The topological polar surface area (TPSA) is 74.5 Å². The predicted molar refractivity (Wildman–Crippen MR) is 94.0 cm³/mol. The summed E-state index contributed by atoms with van der Waals surface area (Å²) >= 11 is 11.8. The van der Waals surface area contributed by atoms with Gasteiger partial charge in [-0.1, -0.05) is 23.2 Å². The summed E-state index contributed by atoms with van der Waals surface area (Å²) < 4.78 is 35.2. The van der Waals surface area contributed by atoms with Crippen molar-refractivity contribution in [3.8, 4) is 5.75 Å². The number of hydrogen-bond acceptors (Lipinski definition) is 4. The maximum Gasteiger partial charge on any atom is 0.348 e. The highest BCUT2D eigenvalue weighted by molar-refractivity contribution is 6.39. The van der Waals surface area contributed by atoms with E-state index < -0.39 is 18.8 Å². The van der Waals surface area contributed by atoms with E-state index in [4.69, 9.17) is 27.9 Å². The molecule has 3 rings (SSSR count). The molecule has 0 radical (unpaired) electrons. The van der Waals surface area contributed by atoms with Gasteiger partial charge in [-0.15, -0.1) is 0 Å². The molecule has 1 aliphatic carbocycles. The molecule has 2 aromatic rings. The molecule has 1 aliphatic rings. The molecule has 144 valence electrons. The second-order valence-electron chi connectivity index (χ2n) is 5.89. The molecular weight excluding hydrogens is 405 g/mol. The van der Waals surface area contributed by atoms with Crippen LogP contribution < -0.4 is 14.8 Å². The van der Waals surface area contributed by atoms with E-state index in [0.29, 0.717) is 10.5 Å². The van der Waals surface area contributed by atoms with E-state index in [9.17, 15) is 18.8 Å². The van der Waals surface area contributed by atoms with Crippen LogP contribution in [0.15, 0.2) is 36.7 Å². The number of alkyl halides is 2. The van der Waals surface area contributed by atoms with Gasteiger partial charge >= 0.3 is 6.61 Å². The fraction of sp³-hybridized carbons (Fsp3) is 0.294. The first-order chi connectivity index (χ1) is 12.8. The summed E-state index contributed by atoms with van der Waals surface area (Å²) in [5.41, 5.74) is 0.362. The van der Waals surface area contributed by atoms with Crippen LogP contribution in [-0.2, 0) is 4.74 Å². The largest absolute Gasteiger partial charge is 0.619 e. The Hall–Kier alpha value is -2.16. The van der Waals surface area contributed by atoms with Gasteiger partial charge in [0.2, 0.25) is 18.7 Å². The van der Waals surface area contributed by atoms with Gasteiger partial charge in [0.15, 0.2) is 0 Å². The molecule has 1 fully saturated rings. The van der Waals surface area contributed by atoms with Crippen molar-refractivity contribution >= 4 is 34.8 Å². The van der Waals surface area contributed by atoms with Crippen molar-refractivity contribution in [1.29, 1.82) is 0 Å². The lowest BCUT2D eigenvalue weighted by molar-refractivity contribution is -0.605. The summed E-state index contributed by atoms with van der Waals surface area (Å²) in [5, 5.41) is 13.7. The smallest absolute Gasteiger partial charge is 0.348 e. The second-order valence-corrected chi connectivity index (χ2v) is 6.70. The van der Waals surface area contributed by atoms with Crippen LogP contribution >= 0.6 is 23.2 Å². The first-order valence-corrected chi connectivity index (χ1v) is 8.68. The molecule has 1 saturated carbocycles. The van der Waals surface area contributed by atoms with Gasteiger partial charge < -0.3 is 15.3 Å². The maximum absolute atomic E-state index is 12.4. The number of anilines is 1. The molecule has 0 bridgehead atoms. The van der Waals surface area contributed by atoms with Crippen molar-refractivity contribution in [3.63, 3.8) is 0 Å². The van der Waals surface area contributed by atoms with Crippen molar-refractivity contribution in [3.05, 3.63) is 57.5 Å². The Labute approximate surface area is 163 Å². The highest BCUT2D eigenvalue weighted by Gasteiger charge is 2.35. The molecule has 0 saturated heterocycles. The number of rotatable bonds is 7. The number of carbonyl (C=O) groups is 1. The van der Waals surface area contributed by atoms with Crippen LogP contribution in [-0.4, -0.2) is 18.8 Å². The third kappa shape index (κ3) is 5.18. The van der Waals surface area contributed by atoms with Gasteiger partial charge in [-0.05, 0) is 37.1 Å². The highest BCUT2D eigenvalue weighted by atomic mass is 35.5. The van der Waals surface area contributed by atoms with E-state index in [1.165, 1.54) is 24.3 Å². The first-order valence-electron chi connectivity index (χ1n) is 7.93. The number of aromatic nitrogens is 1. The number of benzene rings is 1. The molecule has 1 N–H and O–H groups in total. The standard InChI is InChI=1S/C17H14Cl2F2N2O4/c18-12-7-23(25)8-13(19)14(12)22-15(24)9-3-5-11(6-4-9)26-16(10-1-2-10)27-17(20)21/h3-8,10,16-17H,1-2H2,(H,22,24). The van der Waals surface area contributed by atoms with E-state index in [1.807, 2.05) is 0 Å². The van der Waals surface area contributed by atoms with Gasteiger partial charge in [-0.2, -0.15) is 13.5 Å². The number of ether oxygens (including phenoxy) is 2. The summed E-state index contributed by atoms with van der Waals surface area (Å²) in [7, 11) is 0. The van der Waals surface area contributed by atoms with Crippen LogP contribution in [0, 0.1) is 11.1 Å². The normalized spacial score (nSPS) is 14.9. The molecule has 10 heteroatoms. The molecule has 1 aromatic heterocycles. The molecule has 27 heavy (non-hydrogen) atoms. The zero-order valence-electron chi connectivity index (χ0n) is 13.7. The SMILES string of the molecule is O=C(Nc1c(Cl)c[n+]([O-])cc1Cl)c1ccc(OC(OC(F)F)C2CC2)cc1. The zero-order valence-corrected chi connectivity index (χ0v) is 15.2. The third-order valence-electron chi connectivity index (χ3n) is 3.81. The van der Waals surface area contributed by atoms with Gasteiger partial charge in [0.1, 0.15) is 15.8 Å². The number of carbonyl (C=O) groups excluding carboxylic acids is 1. The number of nitrogens with zero attached hydrogens (tertiary/aromatic N) is 1. The third-order valence-corrected chi connectivity index (χ3v) is 4.38. The molecule has 0 spiro atoms. The number of pyridine rings is 1. The number of amides is 1. The van der Waals surface area contributed by atoms with Gasteiger partial charge in [0, 0.05) is 11.5 Å². The molecule has 1 aromatic carbocycles. The van der Waals surface area contributed by atoms with Crippen LogP contribution in [0.1, 0.15) is 23.2 Å². The molecule has 1 unspecified atom stereocenters. The van der Waals surface area contributed by atoms with Gasteiger partial charge in [0.05, 0.1) is 5.69 Å². The number of halogens is 4. The Kier molecular flexibility index (Phi) is 5.98. The van der Waals surface area contributed by atoms with E-state index in [2.05, 4.69) is 10.1 Å². The van der Waals surface area contributed by atoms with E-state index >= 15 is 0 Å². The van der Waals surface area contributed by atoms with Gasteiger partial charge in [-0.25, -0.2) is 0 Å². The summed E-state index contributed by atoms with van der Waals surface area (Å²) in [6.07, 6.45) is 2.62. The first kappa shape index (κ1) is 19.6. The Morgan fingerprint density at radius 2 is 1.78 bits per heavy atom. The van der Waals surface area contributed by atoms with E-state index in [0.717, 1.165) is 25.2 Å². The van der Waals surface area contributed by atoms with E-state index in [1.54, 1.807) is 0 Å². The second kappa shape index (κ2) is 8.24. The lowest BCUT2D eigenvalue weighted by Crippen LogP contribution is -2.26. The summed E-state index contributed by atoms with van der Waals surface area (Å²) in [4.78, 5) is 12.3. The Morgan fingerprint density at radius 3 is 2.30 bits per heavy atom. The molecule has 1 amide bonds. The van der Waals surface area contributed by atoms with Crippen molar-refractivity contribution < 1.29 is 27.8 Å². The van der Waals surface area contributed by atoms with Gasteiger partial charge in [0.25, 0.3) is 5.91 Å². The Morgan fingerprint density at radius 1 is 1.19 bits per heavy atom. The van der Waals surface area contributed by atoms with Crippen LogP contribution in [0.3, 0.4) is 0 Å². The lowest BCUT2D eigenvalue weighted by Gasteiger charge is -2.18. The molecular formula is C17H14Cl2F2N2O4. The number of hydrogen-bond donors (Lipinski definition) is 1. The highest BCUT2D eigenvalue weighted by Crippen LogP contribution is 2.36. The van der Waals surface area contributed by atoms with Crippen LogP contribution in [0.25, 0.3) is 0 Å². The minimum Gasteiger partial charge on any atom is -0.619 e.